The molecule has 0 amide bonds. The number of anilines is 4. The molecule has 0 radical (unpaired) electrons. The molecule has 0 unspecified atom stereocenters. The fourth-order valence-electron chi connectivity index (χ4n) is 2.68. The molecule has 150 valence electrons. The van der Waals surface area contributed by atoms with Gasteiger partial charge < -0.3 is 15.4 Å². The van der Waals surface area contributed by atoms with Crippen molar-refractivity contribution < 1.29 is 4.74 Å². The average Bonchev–Trinajstić information content (AvgIpc) is 2.76. The number of benzene rings is 3. The molecular weight excluding hydrogens is 394 g/mol. The van der Waals surface area contributed by atoms with Crippen molar-refractivity contribution in [1.82, 2.24) is 15.0 Å². The summed E-state index contributed by atoms with van der Waals surface area (Å²) in [5.41, 5.74) is 2.97. The highest BCUT2D eigenvalue weighted by Gasteiger charge is 2.09. The SMILES string of the molecule is COc1ccc(Nc2nc(Nc3ccc(C)cc3)nc(Sc3ccccc3)n2)cc1. The second-order valence-corrected chi connectivity index (χ2v) is 7.57. The summed E-state index contributed by atoms with van der Waals surface area (Å²) in [4.78, 5) is 14.8. The van der Waals surface area contributed by atoms with E-state index in [4.69, 9.17) is 4.74 Å². The second kappa shape index (κ2) is 9.28. The van der Waals surface area contributed by atoms with Gasteiger partial charge in [0.2, 0.25) is 11.9 Å². The van der Waals surface area contributed by atoms with Crippen molar-refractivity contribution in [1.29, 1.82) is 0 Å². The summed E-state index contributed by atoms with van der Waals surface area (Å²) >= 11 is 1.48. The van der Waals surface area contributed by atoms with Crippen LogP contribution in [-0.2, 0) is 0 Å². The van der Waals surface area contributed by atoms with Gasteiger partial charge in [0.25, 0.3) is 0 Å². The van der Waals surface area contributed by atoms with Crippen molar-refractivity contribution in [2.75, 3.05) is 17.7 Å². The van der Waals surface area contributed by atoms with Gasteiger partial charge in [0.1, 0.15) is 5.75 Å². The Morgan fingerprint density at radius 1 is 0.700 bits per heavy atom. The minimum absolute atomic E-state index is 0.461. The van der Waals surface area contributed by atoms with Crippen LogP contribution in [0, 0.1) is 6.92 Å². The first-order valence-corrected chi connectivity index (χ1v) is 10.2. The normalized spacial score (nSPS) is 10.5. The Bertz CT molecular complexity index is 1100. The Morgan fingerprint density at radius 3 is 1.83 bits per heavy atom. The van der Waals surface area contributed by atoms with Crippen LogP contribution in [0.2, 0.25) is 0 Å². The van der Waals surface area contributed by atoms with Crippen LogP contribution in [0.5, 0.6) is 5.75 Å². The van der Waals surface area contributed by atoms with E-state index in [-0.39, 0.29) is 0 Å². The highest BCUT2D eigenvalue weighted by Crippen LogP contribution is 2.27. The molecule has 2 N–H and O–H groups in total. The number of aromatic nitrogens is 3. The van der Waals surface area contributed by atoms with Crippen molar-refractivity contribution in [3.8, 4) is 5.75 Å². The highest BCUT2D eigenvalue weighted by molar-refractivity contribution is 7.99. The van der Waals surface area contributed by atoms with Crippen LogP contribution >= 0.6 is 11.8 Å². The van der Waals surface area contributed by atoms with E-state index in [0.717, 1.165) is 22.0 Å². The summed E-state index contributed by atoms with van der Waals surface area (Å²) in [5, 5.41) is 7.11. The third kappa shape index (κ3) is 5.27. The Morgan fingerprint density at radius 2 is 1.27 bits per heavy atom. The number of hydrogen-bond acceptors (Lipinski definition) is 7. The molecule has 0 atom stereocenters. The van der Waals surface area contributed by atoms with E-state index in [1.165, 1.54) is 17.3 Å². The van der Waals surface area contributed by atoms with Crippen LogP contribution in [0.3, 0.4) is 0 Å². The molecule has 4 aromatic rings. The second-order valence-electron chi connectivity index (χ2n) is 6.52. The molecule has 3 aromatic carbocycles. The number of methoxy groups -OCH3 is 1. The minimum Gasteiger partial charge on any atom is -0.497 e. The molecule has 0 saturated heterocycles. The van der Waals surface area contributed by atoms with Crippen molar-refractivity contribution >= 4 is 35.0 Å². The van der Waals surface area contributed by atoms with Gasteiger partial charge in [-0.2, -0.15) is 15.0 Å². The maximum atomic E-state index is 5.22. The molecule has 30 heavy (non-hydrogen) atoms. The number of hydrogen-bond donors (Lipinski definition) is 2. The van der Waals surface area contributed by atoms with Gasteiger partial charge in [0, 0.05) is 16.3 Å². The van der Waals surface area contributed by atoms with Crippen LogP contribution in [0.4, 0.5) is 23.3 Å². The van der Waals surface area contributed by atoms with Gasteiger partial charge >= 0.3 is 0 Å². The Hall–Kier alpha value is -3.58. The Labute approximate surface area is 179 Å². The van der Waals surface area contributed by atoms with Crippen LogP contribution in [0.15, 0.2) is 88.9 Å². The summed E-state index contributed by atoms with van der Waals surface area (Å²) < 4.78 is 5.22. The Kier molecular flexibility index (Phi) is 6.10. The quantitative estimate of drug-likeness (QED) is 0.394. The topological polar surface area (TPSA) is 72.0 Å². The molecule has 4 rings (SSSR count). The smallest absolute Gasteiger partial charge is 0.233 e. The maximum absolute atomic E-state index is 5.22. The molecule has 0 aliphatic carbocycles. The number of aryl methyl sites for hydroxylation is 1. The van der Waals surface area contributed by atoms with Gasteiger partial charge in [-0.05, 0) is 67.2 Å². The zero-order valence-electron chi connectivity index (χ0n) is 16.7. The molecule has 0 saturated carbocycles. The van der Waals surface area contributed by atoms with Crippen molar-refractivity contribution in [2.24, 2.45) is 0 Å². The highest BCUT2D eigenvalue weighted by atomic mass is 32.2. The molecule has 0 fully saturated rings. The third-order valence-electron chi connectivity index (χ3n) is 4.22. The first-order valence-electron chi connectivity index (χ1n) is 9.42. The molecule has 1 heterocycles. The molecule has 0 spiro atoms. The molecule has 0 bridgehead atoms. The van der Waals surface area contributed by atoms with Crippen molar-refractivity contribution in [3.05, 3.63) is 84.4 Å². The van der Waals surface area contributed by atoms with Crippen LogP contribution in [0.25, 0.3) is 0 Å². The van der Waals surface area contributed by atoms with Crippen molar-refractivity contribution in [3.63, 3.8) is 0 Å². The van der Waals surface area contributed by atoms with Gasteiger partial charge in [-0.3, -0.25) is 0 Å². The first kappa shape index (κ1) is 19.7. The van der Waals surface area contributed by atoms with Gasteiger partial charge in [-0.25, -0.2) is 0 Å². The van der Waals surface area contributed by atoms with E-state index in [1.54, 1.807) is 7.11 Å². The summed E-state index contributed by atoms with van der Waals surface area (Å²) in [5.74, 6) is 1.73. The number of nitrogens with one attached hydrogen (secondary N) is 2. The zero-order chi connectivity index (χ0) is 20.8. The monoisotopic (exact) mass is 415 g/mol. The minimum atomic E-state index is 0.461. The van der Waals surface area contributed by atoms with Crippen LogP contribution in [-0.4, -0.2) is 22.1 Å². The zero-order valence-corrected chi connectivity index (χ0v) is 17.5. The fourth-order valence-corrected chi connectivity index (χ4v) is 3.45. The summed E-state index contributed by atoms with van der Waals surface area (Å²) in [7, 11) is 1.64. The van der Waals surface area contributed by atoms with E-state index >= 15 is 0 Å². The van der Waals surface area contributed by atoms with E-state index < -0.39 is 0 Å². The first-order chi connectivity index (χ1) is 14.7. The lowest BCUT2D eigenvalue weighted by Gasteiger charge is -2.11. The predicted molar refractivity (Wildman–Crippen MR) is 121 cm³/mol. The molecule has 7 heteroatoms. The molecule has 0 aliphatic rings. The number of nitrogens with zero attached hydrogens (tertiary/aromatic N) is 3. The largest absolute Gasteiger partial charge is 0.497 e. The van der Waals surface area contributed by atoms with Gasteiger partial charge in [0.05, 0.1) is 7.11 Å². The summed E-state index contributed by atoms with van der Waals surface area (Å²) in [6, 6.07) is 25.7. The lowest BCUT2D eigenvalue weighted by atomic mass is 10.2. The third-order valence-corrected chi connectivity index (χ3v) is 5.09. The van der Waals surface area contributed by atoms with E-state index in [0.29, 0.717) is 17.1 Å². The number of ether oxygens (including phenoxy) is 1. The number of rotatable bonds is 7. The van der Waals surface area contributed by atoms with E-state index in [2.05, 4.69) is 32.5 Å². The molecule has 0 aliphatic heterocycles. The van der Waals surface area contributed by atoms with Crippen molar-refractivity contribution in [2.45, 2.75) is 17.0 Å². The molecule has 6 nitrogen and oxygen atoms in total. The average molecular weight is 416 g/mol. The fraction of sp³-hybridized carbons (Fsp3) is 0.0870. The van der Waals surface area contributed by atoms with E-state index in [9.17, 15) is 0 Å². The van der Waals surface area contributed by atoms with E-state index in [1.807, 2.05) is 78.9 Å². The van der Waals surface area contributed by atoms with Crippen LogP contribution in [0.1, 0.15) is 5.56 Å². The van der Waals surface area contributed by atoms with Crippen LogP contribution < -0.4 is 15.4 Å². The standard InChI is InChI=1S/C23H21N5OS/c1-16-8-10-17(11-9-16)24-21-26-22(25-18-12-14-19(29-2)15-13-18)28-23(27-21)30-20-6-4-3-5-7-20/h3-15H,1-2H3,(H2,24,25,26,27,28). The van der Waals surface area contributed by atoms with Gasteiger partial charge in [0.15, 0.2) is 5.16 Å². The summed E-state index contributed by atoms with van der Waals surface area (Å²) in [6.45, 7) is 2.05. The lowest BCUT2D eigenvalue weighted by molar-refractivity contribution is 0.415. The lowest BCUT2D eigenvalue weighted by Crippen LogP contribution is -2.05. The van der Waals surface area contributed by atoms with Gasteiger partial charge in [-0.15, -0.1) is 0 Å². The maximum Gasteiger partial charge on any atom is 0.233 e. The molecule has 1 aromatic heterocycles. The summed E-state index contributed by atoms with van der Waals surface area (Å²) in [6.07, 6.45) is 0. The predicted octanol–water partition coefficient (Wildman–Crippen LogP) is 5.83. The molecular formula is C23H21N5OS. The van der Waals surface area contributed by atoms with Gasteiger partial charge in [-0.1, -0.05) is 35.9 Å². The Balaban J connectivity index is 1.62.